The highest BCUT2D eigenvalue weighted by atomic mass is 16.5. The number of rotatable bonds is 5. The summed E-state index contributed by atoms with van der Waals surface area (Å²) in [5, 5.41) is 0. The van der Waals surface area contributed by atoms with Gasteiger partial charge < -0.3 is 14.4 Å². The Morgan fingerprint density at radius 1 is 1.00 bits per heavy atom. The molecule has 0 N–H and O–H groups in total. The number of ether oxygens (including phenoxy) is 2. The zero-order chi connectivity index (χ0) is 22.7. The van der Waals surface area contributed by atoms with Crippen LogP contribution in [-0.4, -0.2) is 48.1 Å². The van der Waals surface area contributed by atoms with Crippen LogP contribution >= 0.6 is 0 Å². The molecular weight excluding hydrogens is 402 g/mol. The first-order chi connectivity index (χ1) is 15.5. The van der Waals surface area contributed by atoms with Gasteiger partial charge in [0.25, 0.3) is 5.91 Å². The Morgan fingerprint density at radius 2 is 1.72 bits per heavy atom. The Kier molecular flexibility index (Phi) is 6.40. The van der Waals surface area contributed by atoms with Crippen LogP contribution in [0.5, 0.6) is 11.5 Å². The topological polar surface area (TPSA) is 64.5 Å². The number of amides is 1. The second kappa shape index (κ2) is 9.39. The fraction of sp³-hybridized carbons (Fsp3) is 0.346. The summed E-state index contributed by atoms with van der Waals surface area (Å²) in [4.78, 5) is 24.3. The van der Waals surface area contributed by atoms with Crippen LogP contribution in [0.4, 0.5) is 0 Å². The number of piperidine rings is 1. The number of aromatic nitrogens is 2. The molecule has 1 aliphatic rings. The number of hydrogen-bond acceptors (Lipinski definition) is 5. The predicted molar refractivity (Wildman–Crippen MR) is 124 cm³/mol. The number of likely N-dealkylation sites (tertiary alicyclic amines) is 1. The number of benzene rings is 2. The third-order valence-electron chi connectivity index (χ3n) is 6.41. The van der Waals surface area contributed by atoms with Crippen LogP contribution in [0.2, 0.25) is 0 Å². The summed E-state index contributed by atoms with van der Waals surface area (Å²) in [5.41, 5.74) is 5.22. The van der Waals surface area contributed by atoms with E-state index in [0.717, 1.165) is 29.8 Å². The first kappa shape index (κ1) is 21.8. The van der Waals surface area contributed by atoms with Crippen molar-refractivity contribution in [2.24, 2.45) is 0 Å². The fourth-order valence-corrected chi connectivity index (χ4v) is 4.24. The van der Waals surface area contributed by atoms with Crippen molar-refractivity contribution in [1.29, 1.82) is 0 Å². The Morgan fingerprint density at radius 3 is 2.38 bits per heavy atom. The highest BCUT2D eigenvalue weighted by Gasteiger charge is 2.27. The van der Waals surface area contributed by atoms with E-state index in [0.29, 0.717) is 36.1 Å². The largest absolute Gasteiger partial charge is 0.497 e. The van der Waals surface area contributed by atoms with E-state index in [4.69, 9.17) is 9.47 Å². The molecule has 1 amide bonds. The summed E-state index contributed by atoms with van der Waals surface area (Å²) in [6.07, 6.45) is 5.66. The minimum atomic E-state index is -0.00975. The van der Waals surface area contributed by atoms with Gasteiger partial charge in [-0.25, -0.2) is 9.97 Å². The van der Waals surface area contributed by atoms with Gasteiger partial charge in [-0.15, -0.1) is 0 Å². The molecule has 0 saturated carbocycles. The minimum Gasteiger partial charge on any atom is -0.497 e. The normalized spacial score (nSPS) is 14.3. The monoisotopic (exact) mass is 431 g/mol. The second-order valence-corrected chi connectivity index (χ2v) is 8.22. The molecule has 0 atom stereocenters. The standard InChI is InChI=1S/C26H29N3O3/c1-17-6-5-7-22(18(17)2)25-27-15-20(16-28-25)19-10-12-29(13-11-19)26(30)23-9-8-21(31-3)14-24(23)32-4/h5-9,14-16,19H,10-13H2,1-4H3. The number of carbonyl (C=O) groups is 1. The summed E-state index contributed by atoms with van der Waals surface area (Å²) in [5.74, 6) is 2.30. The highest BCUT2D eigenvalue weighted by molar-refractivity contribution is 5.97. The molecule has 6 nitrogen and oxygen atoms in total. The maximum atomic E-state index is 13.1. The van der Waals surface area contributed by atoms with E-state index < -0.39 is 0 Å². The van der Waals surface area contributed by atoms with Crippen molar-refractivity contribution in [2.45, 2.75) is 32.6 Å². The molecule has 4 rings (SSSR count). The van der Waals surface area contributed by atoms with Gasteiger partial charge in [0.05, 0.1) is 19.8 Å². The van der Waals surface area contributed by atoms with E-state index in [1.165, 1.54) is 11.1 Å². The van der Waals surface area contributed by atoms with E-state index in [9.17, 15) is 4.79 Å². The average molecular weight is 432 g/mol. The Hall–Kier alpha value is -3.41. The molecule has 6 heteroatoms. The molecule has 32 heavy (non-hydrogen) atoms. The van der Waals surface area contributed by atoms with Crippen molar-refractivity contribution >= 4 is 5.91 Å². The summed E-state index contributed by atoms with van der Waals surface area (Å²) in [7, 11) is 3.17. The Balaban J connectivity index is 1.43. The SMILES string of the molecule is COc1ccc(C(=O)N2CCC(c3cnc(-c4cccc(C)c4C)nc3)CC2)c(OC)c1. The first-order valence-corrected chi connectivity index (χ1v) is 10.9. The average Bonchev–Trinajstić information content (AvgIpc) is 2.85. The van der Waals surface area contributed by atoms with Crippen molar-refractivity contribution in [3.05, 3.63) is 71.0 Å². The molecule has 0 unspecified atom stereocenters. The van der Waals surface area contributed by atoms with E-state index in [-0.39, 0.29) is 5.91 Å². The molecule has 0 spiro atoms. The van der Waals surface area contributed by atoms with Crippen molar-refractivity contribution in [1.82, 2.24) is 14.9 Å². The fourth-order valence-electron chi connectivity index (χ4n) is 4.24. The van der Waals surface area contributed by atoms with Crippen molar-refractivity contribution in [3.8, 4) is 22.9 Å². The zero-order valence-corrected chi connectivity index (χ0v) is 19.1. The van der Waals surface area contributed by atoms with Gasteiger partial charge in [-0.05, 0) is 61.4 Å². The lowest BCUT2D eigenvalue weighted by Crippen LogP contribution is -2.38. The van der Waals surface area contributed by atoms with E-state index in [1.807, 2.05) is 23.4 Å². The molecule has 2 heterocycles. The highest BCUT2D eigenvalue weighted by Crippen LogP contribution is 2.31. The lowest BCUT2D eigenvalue weighted by Gasteiger charge is -2.32. The van der Waals surface area contributed by atoms with Crippen molar-refractivity contribution in [3.63, 3.8) is 0 Å². The van der Waals surface area contributed by atoms with Gasteiger partial charge in [-0.2, -0.15) is 0 Å². The quantitative estimate of drug-likeness (QED) is 0.581. The predicted octanol–water partition coefficient (Wildman–Crippen LogP) is 4.80. The molecule has 1 aromatic heterocycles. The maximum Gasteiger partial charge on any atom is 0.257 e. The molecule has 166 valence electrons. The summed E-state index contributed by atoms with van der Waals surface area (Å²) in [6, 6.07) is 11.5. The van der Waals surface area contributed by atoms with Gasteiger partial charge in [0, 0.05) is 37.1 Å². The number of aryl methyl sites for hydroxylation is 1. The molecule has 1 fully saturated rings. The molecular formula is C26H29N3O3. The lowest BCUT2D eigenvalue weighted by atomic mass is 9.91. The van der Waals surface area contributed by atoms with E-state index in [1.54, 1.807) is 32.4 Å². The number of methoxy groups -OCH3 is 2. The molecule has 0 radical (unpaired) electrons. The maximum absolute atomic E-state index is 13.1. The first-order valence-electron chi connectivity index (χ1n) is 10.9. The van der Waals surface area contributed by atoms with Crippen LogP contribution in [0.1, 0.15) is 45.8 Å². The van der Waals surface area contributed by atoms with Gasteiger partial charge in [0.2, 0.25) is 0 Å². The van der Waals surface area contributed by atoms with Crippen molar-refractivity contribution in [2.75, 3.05) is 27.3 Å². The third kappa shape index (κ3) is 4.31. The van der Waals surface area contributed by atoms with Crippen LogP contribution in [0.3, 0.4) is 0 Å². The van der Waals surface area contributed by atoms with Gasteiger partial charge in [0.15, 0.2) is 5.82 Å². The number of nitrogens with zero attached hydrogens (tertiary/aromatic N) is 3. The lowest BCUT2D eigenvalue weighted by molar-refractivity contribution is 0.0709. The van der Waals surface area contributed by atoms with E-state index in [2.05, 4.69) is 35.9 Å². The van der Waals surface area contributed by atoms with Gasteiger partial charge in [-0.3, -0.25) is 4.79 Å². The van der Waals surface area contributed by atoms with Gasteiger partial charge in [-0.1, -0.05) is 18.2 Å². The van der Waals surface area contributed by atoms with Crippen LogP contribution in [0, 0.1) is 13.8 Å². The smallest absolute Gasteiger partial charge is 0.257 e. The number of carbonyl (C=O) groups excluding carboxylic acids is 1. The summed E-state index contributed by atoms with van der Waals surface area (Å²) >= 11 is 0. The van der Waals surface area contributed by atoms with E-state index >= 15 is 0 Å². The van der Waals surface area contributed by atoms with Gasteiger partial charge in [0.1, 0.15) is 11.5 Å². The number of hydrogen-bond donors (Lipinski definition) is 0. The minimum absolute atomic E-state index is 0.00975. The van der Waals surface area contributed by atoms with Crippen LogP contribution in [-0.2, 0) is 0 Å². The Bertz CT molecular complexity index is 1100. The molecule has 2 aromatic carbocycles. The Labute approximate surface area is 189 Å². The van der Waals surface area contributed by atoms with Gasteiger partial charge >= 0.3 is 0 Å². The molecule has 0 bridgehead atoms. The summed E-state index contributed by atoms with van der Waals surface area (Å²) < 4.78 is 10.6. The van der Waals surface area contributed by atoms with Crippen LogP contribution in [0.15, 0.2) is 48.8 Å². The molecule has 3 aromatic rings. The second-order valence-electron chi connectivity index (χ2n) is 8.22. The van der Waals surface area contributed by atoms with Crippen molar-refractivity contribution < 1.29 is 14.3 Å². The molecule has 1 aliphatic heterocycles. The third-order valence-corrected chi connectivity index (χ3v) is 6.41. The van der Waals surface area contributed by atoms with Crippen LogP contribution in [0.25, 0.3) is 11.4 Å². The summed E-state index contributed by atoms with van der Waals surface area (Å²) in [6.45, 7) is 5.59. The zero-order valence-electron chi connectivity index (χ0n) is 19.1. The molecule has 0 aliphatic carbocycles. The van der Waals surface area contributed by atoms with Crippen LogP contribution < -0.4 is 9.47 Å². The molecule has 1 saturated heterocycles.